The third-order valence-electron chi connectivity index (χ3n) is 5.84. The van der Waals surface area contributed by atoms with Crippen LogP contribution in [0, 0.1) is 5.92 Å². The summed E-state index contributed by atoms with van der Waals surface area (Å²) in [4.78, 5) is 22.2. The fourth-order valence-electron chi connectivity index (χ4n) is 4.75. The van der Waals surface area contributed by atoms with Crippen molar-refractivity contribution in [2.75, 3.05) is 26.2 Å². The lowest BCUT2D eigenvalue weighted by atomic mass is 9.92. The van der Waals surface area contributed by atoms with Gasteiger partial charge in [0.05, 0.1) is 0 Å². The van der Waals surface area contributed by atoms with E-state index in [9.17, 15) is 4.79 Å². The fourth-order valence-corrected chi connectivity index (χ4v) is 4.75. The van der Waals surface area contributed by atoms with Crippen molar-refractivity contribution in [1.82, 2.24) is 14.8 Å². The summed E-state index contributed by atoms with van der Waals surface area (Å²) in [6.45, 7) is 4.10. The van der Waals surface area contributed by atoms with Gasteiger partial charge in [-0.1, -0.05) is 6.07 Å². The maximum Gasteiger partial charge on any atom is 0.243 e. The number of carbonyl (C=O) groups is 1. The van der Waals surface area contributed by atoms with Crippen LogP contribution in [0.2, 0.25) is 0 Å². The van der Waals surface area contributed by atoms with Crippen LogP contribution in [0.1, 0.15) is 37.8 Å². The third kappa shape index (κ3) is 2.34. The molecule has 22 heavy (non-hydrogen) atoms. The number of hydrogen-bond acceptors (Lipinski definition) is 3. The van der Waals surface area contributed by atoms with Gasteiger partial charge in [-0.2, -0.15) is 0 Å². The van der Waals surface area contributed by atoms with Crippen LogP contribution in [0.25, 0.3) is 0 Å². The van der Waals surface area contributed by atoms with E-state index in [0.717, 1.165) is 57.6 Å². The summed E-state index contributed by atoms with van der Waals surface area (Å²) in [5.41, 5.74) is 1.03. The van der Waals surface area contributed by atoms with Crippen molar-refractivity contribution in [3.05, 3.63) is 30.1 Å². The molecule has 0 radical (unpaired) electrons. The van der Waals surface area contributed by atoms with Gasteiger partial charge in [0.15, 0.2) is 0 Å². The Balaban J connectivity index is 1.41. The lowest BCUT2D eigenvalue weighted by Gasteiger charge is -2.34. The zero-order chi connectivity index (χ0) is 15.0. The molecule has 3 aliphatic heterocycles. The van der Waals surface area contributed by atoms with E-state index < -0.39 is 0 Å². The molecule has 1 unspecified atom stereocenters. The predicted octanol–water partition coefficient (Wildman–Crippen LogP) is 2.10. The lowest BCUT2D eigenvalue weighted by molar-refractivity contribution is -0.140. The second-order valence-electron chi connectivity index (χ2n) is 7.16. The van der Waals surface area contributed by atoms with Gasteiger partial charge in [0.25, 0.3) is 0 Å². The van der Waals surface area contributed by atoms with Crippen LogP contribution in [0.4, 0.5) is 0 Å². The van der Waals surface area contributed by atoms with Gasteiger partial charge in [0, 0.05) is 25.0 Å². The Morgan fingerprint density at radius 3 is 2.77 bits per heavy atom. The molecular weight excluding hydrogens is 274 g/mol. The highest BCUT2D eigenvalue weighted by Crippen LogP contribution is 2.41. The molecule has 4 nitrogen and oxygen atoms in total. The molecule has 4 heterocycles. The number of fused-ring (bicyclic) bond motifs is 1. The number of hydrogen-bond donors (Lipinski definition) is 0. The van der Waals surface area contributed by atoms with Gasteiger partial charge in [-0.15, -0.1) is 0 Å². The van der Waals surface area contributed by atoms with E-state index in [1.165, 1.54) is 12.8 Å². The number of carbonyl (C=O) groups excluding carboxylic acids is 1. The van der Waals surface area contributed by atoms with Gasteiger partial charge in [0.1, 0.15) is 5.54 Å². The average Bonchev–Trinajstić information content (AvgIpc) is 3.22. The van der Waals surface area contributed by atoms with Gasteiger partial charge >= 0.3 is 0 Å². The molecule has 3 aliphatic rings. The molecule has 3 fully saturated rings. The number of likely N-dealkylation sites (tertiary alicyclic amines) is 1. The first-order valence-electron chi connectivity index (χ1n) is 8.72. The number of pyridine rings is 1. The van der Waals surface area contributed by atoms with E-state index in [1.54, 1.807) is 0 Å². The van der Waals surface area contributed by atoms with Crippen LogP contribution in [-0.2, 0) is 11.2 Å². The van der Waals surface area contributed by atoms with E-state index >= 15 is 0 Å². The highest BCUT2D eigenvalue weighted by atomic mass is 16.2. The molecule has 1 aromatic heterocycles. The third-order valence-corrected chi connectivity index (χ3v) is 5.84. The normalized spacial score (nSPS) is 27.3. The molecule has 1 aromatic rings. The minimum atomic E-state index is -0.125. The van der Waals surface area contributed by atoms with E-state index in [4.69, 9.17) is 0 Å². The van der Waals surface area contributed by atoms with Gasteiger partial charge in [-0.05, 0) is 69.7 Å². The Hall–Kier alpha value is -1.42. The molecule has 0 N–H and O–H groups in total. The summed E-state index contributed by atoms with van der Waals surface area (Å²) in [6, 6.07) is 6.11. The number of aromatic nitrogens is 1. The first-order valence-corrected chi connectivity index (χ1v) is 8.72. The van der Waals surface area contributed by atoms with Gasteiger partial charge in [-0.3, -0.25) is 14.7 Å². The molecule has 0 spiro atoms. The lowest BCUT2D eigenvalue weighted by Crippen LogP contribution is -2.52. The molecule has 0 aromatic carbocycles. The number of nitrogens with zero attached hydrogens (tertiary/aromatic N) is 3. The molecular formula is C18H25N3O. The van der Waals surface area contributed by atoms with Crippen LogP contribution in [0.5, 0.6) is 0 Å². The van der Waals surface area contributed by atoms with Crippen LogP contribution < -0.4 is 0 Å². The smallest absolute Gasteiger partial charge is 0.243 e. The van der Waals surface area contributed by atoms with E-state index in [0.29, 0.717) is 11.8 Å². The van der Waals surface area contributed by atoms with Crippen molar-refractivity contribution < 1.29 is 4.79 Å². The Labute approximate surface area is 132 Å². The molecule has 1 atom stereocenters. The monoisotopic (exact) mass is 299 g/mol. The molecule has 0 bridgehead atoms. The van der Waals surface area contributed by atoms with Crippen molar-refractivity contribution in [2.45, 2.75) is 44.1 Å². The summed E-state index contributed by atoms with van der Waals surface area (Å²) < 4.78 is 0. The SMILES string of the molecule is O=C(N1CCC(Cc2ccccn2)C1)C12CCCN1CCC2. The highest BCUT2D eigenvalue weighted by molar-refractivity contribution is 5.87. The average molecular weight is 299 g/mol. The summed E-state index contributed by atoms with van der Waals surface area (Å²) in [5, 5.41) is 0. The Morgan fingerprint density at radius 2 is 2.05 bits per heavy atom. The molecule has 0 aliphatic carbocycles. The number of amides is 1. The molecule has 1 amide bonds. The first-order chi connectivity index (χ1) is 10.8. The Kier molecular flexibility index (Phi) is 3.65. The highest BCUT2D eigenvalue weighted by Gasteiger charge is 2.52. The standard InChI is InChI=1S/C18H25N3O/c22-17(18-7-3-10-21(18)11-4-8-18)20-12-6-15(14-20)13-16-5-1-2-9-19-16/h1-2,5,9,15H,3-4,6-8,10-14H2. The largest absolute Gasteiger partial charge is 0.341 e. The van der Waals surface area contributed by atoms with Crippen molar-refractivity contribution in [1.29, 1.82) is 0 Å². The summed E-state index contributed by atoms with van der Waals surface area (Å²) in [6.07, 6.45) is 8.52. The van der Waals surface area contributed by atoms with Crippen LogP contribution >= 0.6 is 0 Å². The molecule has 4 rings (SSSR count). The van der Waals surface area contributed by atoms with Gasteiger partial charge < -0.3 is 4.90 Å². The zero-order valence-corrected chi connectivity index (χ0v) is 13.2. The zero-order valence-electron chi connectivity index (χ0n) is 13.2. The maximum atomic E-state index is 13.1. The minimum Gasteiger partial charge on any atom is -0.341 e. The number of rotatable bonds is 3. The van der Waals surface area contributed by atoms with Crippen molar-refractivity contribution in [3.63, 3.8) is 0 Å². The first kappa shape index (κ1) is 14.2. The van der Waals surface area contributed by atoms with E-state index in [2.05, 4.69) is 20.9 Å². The van der Waals surface area contributed by atoms with Crippen molar-refractivity contribution in [2.24, 2.45) is 5.92 Å². The minimum absolute atomic E-state index is 0.125. The van der Waals surface area contributed by atoms with Crippen LogP contribution in [0.15, 0.2) is 24.4 Å². The van der Waals surface area contributed by atoms with Crippen LogP contribution in [0.3, 0.4) is 0 Å². The fraction of sp³-hybridized carbons (Fsp3) is 0.667. The van der Waals surface area contributed by atoms with Crippen molar-refractivity contribution in [3.8, 4) is 0 Å². The predicted molar refractivity (Wildman–Crippen MR) is 85.4 cm³/mol. The molecule has 0 saturated carbocycles. The van der Waals surface area contributed by atoms with E-state index in [-0.39, 0.29) is 5.54 Å². The quantitative estimate of drug-likeness (QED) is 0.857. The van der Waals surface area contributed by atoms with Crippen LogP contribution in [-0.4, -0.2) is 52.4 Å². The van der Waals surface area contributed by atoms with E-state index in [1.807, 2.05) is 18.3 Å². The summed E-state index contributed by atoms with van der Waals surface area (Å²) in [7, 11) is 0. The second-order valence-corrected chi connectivity index (χ2v) is 7.16. The van der Waals surface area contributed by atoms with Gasteiger partial charge in [0.2, 0.25) is 5.91 Å². The Bertz CT molecular complexity index is 535. The Morgan fingerprint density at radius 1 is 1.23 bits per heavy atom. The second kappa shape index (κ2) is 5.65. The molecule has 118 valence electrons. The van der Waals surface area contributed by atoms with Crippen molar-refractivity contribution >= 4 is 5.91 Å². The summed E-state index contributed by atoms with van der Waals surface area (Å²) in [5.74, 6) is 0.998. The topological polar surface area (TPSA) is 36.4 Å². The molecule has 4 heteroatoms. The summed E-state index contributed by atoms with van der Waals surface area (Å²) >= 11 is 0. The van der Waals surface area contributed by atoms with Gasteiger partial charge in [-0.25, -0.2) is 0 Å². The maximum absolute atomic E-state index is 13.1. The molecule has 3 saturated heterocycles.